The van der Waals surface area contributed by atoms with E-state index in [1.807, 2.05) is 0 Å². The Labute approximate surface area is 120 Å². The second-order valence-electron chi connectivity index (χ2n) is 7.71. The number of fused-ring (bicyclic) bond motifs is 2. The van der Waals surface area contributed by atoms with Gasteiger partial charge in [-0.15, -0.1) is 0 Å². The van der Waals surface area contributed by atoms with Crippen molar-refractivity contribution in [2.75, 3.05) is 0 Å². The molecule has 0 heterocycles. The summed E-state index contributed by atoms with van der Waals surface area (Å²) in [7, 11) is 0. The van der Waals surface area contributed by atoms with E-state index in [0.29, 0.717) is 18.8 Å². The standard InChI is InChI=1S/C15H25N3O2/c1-13(2)9-4-5-14(13,3)10(8-9)17-11(19)15(6-7-15)18-12(16)20/h9-10H,4-8H2,1-3H3,(H,17,19)(H3,16,18,20). The fraction of sp³-hybridized carbons (Fsp3) is 0.867. The first-order chi connectivity index (χ1) is 9.21. The quantitative estimate of drug-likeness (QED) is 0.731. The van der Waals surface area contributed by atoms with Gasteiger partial charge in [0.1, 0.15) is 5.54 Å². The maximum atomic E-state index is 12.5. The van der Waals surface area contributed by atoms with E-state index in [2.05, 4.69) is 31.4 Å². The van der Waals surface area contributed by atoms with Crippen LogP contribution in [0.1, 0.15) is 52.9 Å². The number of primary amides is 1. The zero-order valence-corrected chi connectivity index (χ0v) is 12.6. The third-order valence-electron chi connectivity index (χ3n) is 6.65. The second-order valence-corrected chi connectivity index (χ2v) is 7.71. The van der Waals surface area contributed by atoms with E-state index in [1.165, 1.54) is 12.8 Å². The van der Waals surface area contributed by atoms with Gasteiger partial charge in [0.05, 0.1) is 0 Å². The first kappa shape index (κ1) is 13.7. The van der Waals surface area contributed by atoms with E-state index in [-0.39, 0.29) is 22.8 Å². The summed E-state index contributed by atoms with van der Waals surface area (Å²) >= 11 is 0. The molecule has 3 rings (SSSR count). The number of hydrogen-bond acceptors (Lipinski definition) is 2. The van der Waals surface area contributed by atoms with Crippen molar-refractivity contribution in [1.82, 2.24) is 10.6 Å². The number of amides is 3. The topological polar surface area (TPSA) is 84.2 Å². The number of urea groups is 1. The lowest BCUT2D eigenvalue weighted by Crippen LogP contribution is -2.56. The van der Waals surface area contributed by atoms with Crippen molar-refractivity contribution >= 4 is 11.9 Å². The van der Waals surface area contributed by atoms with E-state index in [0.717, 1.165) is 6.42 Å². The molecule has 0 aliphatic heterocycles. The van der Waals surface area contributed by atoms with Gasteiger partial charge in [-0.3, -0.25) is 4.79 Å². The van der Waals surface area contributed by atoms with Gasteiger partial charge < -0.3 is 16.4 Å². The average Bonchev–Trinajstić information content (AvgIpc) is 3.03. The van der Waals surface area contributed by atoms with Crippen molar-refractivity contribution in [3.63, 3.8) is 0 Å². The minimum atomic E-state index is -0.728. The summed E-state index contributed by atoms with van der Waals surface area (Å²) in [5.74, 6) is 0.642. The van der Waals surface area contributed by atoms with Crippen LogP contribution >= 0.6 is 0 Å². The zero-order valence-electron chi connectivity index (χ0n) is 12.6. The predicted octanol–water partition coefficient (Wildman–Crippen LogP) is 1.52. The Morgan fingerprint density at radius 3 is 2.20 bits per heavy atom. The SMILES string of the molecule is CC1(C)C2CCC1(C)C(NC(=O)C1(NC(N)=O)CC1)C2. The lowest BCUT2D eigenvalue weighted by atomic mass is 9.69. The van der Waals surface area contributed by atoms with Crippen molar-refractivity contribution in [2.24, 2.45) is 22.5 Å². The molecule has 3 amide bonds. The smallest absolute Gasteiger partial charge is 0.313 e. The maximum absolute atomic E-state index is 12.5. The summed E-state index contributed by atoms with van der Waals surface area (Å²) in [6.45, 7) is 6.95. The van der Waals surface area contributed by atoms with E-state index in [9.17, 15) is 9.59 Å². The molecule has 112 valence electrons. The molecule has 0 aromatic carbocycles. The molecule has 3 aliphatic carbocycles. The van der Waals surface area contributed by atoms with Crippen molar-refractivity contribution < 1.29 is 9.59 Å². The summed E-state index contributed by atoms with van der Waals surface area (Å²) < 4.78 is 0. The summed E-state index contributed by atoms with van der Waals surface area (Å²) in [5.41, 5.74) is 4.88. The molecule has 4 N–H and O–H groups in total. The predicted molar refractivity (Wildman–Crippen MR) is 75.8 cm³/mol. The molecule has 3 atom stereocenters. The van der Waals surface area contributed by atoms with E-state index in [4.69, 9.17) is 5.73 Å². The van der Waals surface area contributed by atoms with Gasteiger partial charge in [-0.1, -0.05) is 20.8 Å². The van der Waals surface area contributed by atoms with Crippen molar-refractivity contribution in [1.29, 1.82) is 0 Å². The highest BCUT2D eigenvalue weighted by atomic mass is 16.2. The van der Waals surface area contributed by atoms with E-state index in [1.54, 1.807) is 0 Å². The highest BCUT2D eigenvalue weighted by Gasteiger charge is 2.62. The Morgan fingerprint density at radius 2 is 1.80 bits per heavy atom. The van der Waals surface area contributed by atoms with Gasteiger partial charge >= 0.3 is 6.03 Å². The molecule has 3 unspecified atom stereocenters. The molecule has 20 heavy (non-hydrogen) atoms. The molecule has 0 saturated heterocycles. The number of hydrogen-bond donors (Lipinski definition) is 3. The van der Waals surface area contributed by atoms with Crippen LogP contribution in [-0.4, -0.2) is 23.5 Å². The average molecular weight is 279 g/mol. The van der Waals surface area contributed by atoms with Gasteiger partial charge in [0, 0.05) is 6.04 Å². The number of carbonyl (C=O) groups is 2. The summed E-state index contributed by atoms with van der Waals surface area (Å²) in [6.07, 6.45) is 4.88. The Morgan fingerprint density at radius 1 is 1.15 bits per heavy atom. The first-order valence-corrected chi connectivity index (χ1v) is 7.60. The highest BCUT2D eigenvalue weighted by Crippen LogP contribution is 2.65. The Kier molecular flexibility index (Phi) is 2.67. The lowest BCUT2D eigenvalue weighted by Gasteiger charge is -2.40. The molecule has 0 spiro atoms. The molecule has 3 aliphatic rings. The number of nitrogens with one attached hydrogen (secondary N) is 2. The first-order valence-electron chi connectivity index (χ1n) is 7.60. The van der Waals surface area contributed by atoms with Crippen LogP contribution in [0, 0.1) is 16.7 Å². The van der Waals surface area contributed by atoms with Crippen LogP contribution in [0.25, 0.3) is 0 Å². The summed E-state index contributed by atoms with van der Waals surface area (Å²) in [6, 6.07) is -0.395. The molecular weight excluding hydrogens is 254 g/mol. The van der Waals surface area contributed by atoms with Crippen molar-refractivity contribution in [2.45, 2.75) is 64.5 Å². The van der Waals surface area contributed by atoms with Crippen molar-refractivity contribution in [3.05, 3.63) is 0 Å². The largest absolute Gasteiger partial charge is 0.352 e. The second kappa shape index (κ2) is 3.89. The molecule has 2 bridgehead atoms. The number of carbonyl (C=O) groups excluding carboxylic acids is 2. The molecule has 0 aromatic heterocycles. The zero-order chi connectivity index (χ0) is 14.8. The summed E-state index contributed by atoms with van der Waals surface area (Å²) in [5, 5.41) is 5.81. The number of nitrogens with two attached hydrogens (primary N) is 1. The minimum absolute atomic E-state index is 0.0501. The molecule has 3 saturated carbocycles. The minimum Gasteiger partial charge on any atom is -0.352 e. The van der Waals surface area contributed by atoms with Crippen LogP contribution in [-0.2, 0) is 4.79 Å². The third kappa shape index (κ3) is 1.68. The van der Waals surface area contributed by atoms with Gasteiger partial charge in [0.15, 0.2) is 0 Å². The van der Waals surface area contributed by atoms with Crippen LogP contribution in [0.2, 0.25) is 0 Å². The van der Waals surface area contributed by atoms with Gasteiger partial charge in [-0.25, -0.2) is 4.79 Å². The third-order valence-corrected chi connectivity index (χ3v) is 6.65. The van der Waals surface area contributed by atoms with Crippen molar-refractivity contribution in [3.8, 4) is 0 Å². The normalized spacial score (nSPS) is 39.4. The van der Waals surface area contributed by atoms with Gasteiger partial charge in [-0.2, -0.15) is 0 Å². The monoisotopic (exact) mass is 279 g/mol. The molecule has 3 fully saturated rings. The molecule has 5 heteroatoms. The Balaban J connectivity index is 1.71. The lowest BCUT2D eigenvalue weighted by molar-refractivity contribution is -0.125. The van der Waals surface area contributed by atoms with Gasteiger partial charge in [0.25, 0.3) is 0 Å². The van der Waals surface area contributed by atoms with Gasteiger partial charge in [0.2, 0.25) is 5.91 Å². The number of rotatable bonds is 3. The van der Waals surface area contributed by atoms with Crippen LogP contribution in [0.3, 0.4) is 0 Å². The van der Waals surface area contributed by atoms with E-state index < -0.39 is 11.6 Å². The fourth-order valence-electron chi connectivity index (χ4n) is 4.49. The molecular formula is C15H25N3O2. The van der Waals surface area contributed by atoms with Crippen LogP contribution in [0.5, 0.6) is 0 Å². The van der Waals surface area contributed by atoms with Crippen LogP contribution in [0.4, 0.5) is 4.79 Å². The Bertz CT molecular complexity index is 470. The van der Waals surface area contributed by atoms with E-state index >= 15 is 0 Å². The maximum Gasteiger partial charge on any atom is 0.313 e. The molecule has 5 nitrogen and oxygen atoms in total. The summed E-state index contributed by atoms with van der Waals surface area (Å²) in [4.78, 5) is 23.5. The highest BCUT2D eigenvalue weighted by molar-refractivity contribution is 5.93. The molecule has 0 aromatic rings. The Hall–Kier alpha value is -1.26. The van der Waals surface area contributed by atoms with Crippen LogP contribution < -0.4 is 16.4 Å². The van der Waals surface area contributed by atoms with Crippen LogP contribution in [0.15, 0.2) is 0 Å². The fourth-order valence-corrected chi connectivity index (χ4v) is 4.49. The van der Waals surface area contributed by atoms with Gasteiger partial charge in [-0.05, 0) is 48.9 Å². The molecule has 0 radical (unpaired) electrons.